The zero-order valence-corrected chi connectivity index (χ0v) is 14.2. The van der Waals surface area contributed by atoms with Gasteiger partial charge in [0.1, 0.15) is 16.2 Å². The molecule has 0 saturated heterocycles. The Hall–Kier alpha value is -1.86. The molecule has 1 aromatic rings. The van der Waals surface area contributed by atoms with Crippen LogP contribution in [0.1, 0.15) is 32.1 Å². The smallest absolute Gasteiger partial charge is 0.267 e. The van der Waals surface area contributed by atoms with Crippen molar-refractivity contribution in [1.82, 2.24) is 4.72 Å². The number of carbonyl (C=O) groups is 1. The number of amides is 1. The van der Waals surface area contributed by atoms with Crippen molar-refractivity contribution in [3.05, 3.63) is 36.4 Å². The minimum absolute atomic E-state index is 0.0374. The van der Waals surface area contributed by atoms with E-state index in [2.05, 4.69) is 4.72 Å². The lowest BCUT2D eigenvalue weighted by atomic mass is 10.1. The number of para-hydroxylation sites is 1. The molecule has 1 aliphatic carbocycles. The van der Waals surface area contributed by atoms with Crippen LogP contribution in [0.3, 0.4) is 0 Å². The molecule has 0 bridgehead atoms. The summed E-state index contributed by atoms with van der Waals surface area (Å²) in [5.74, 6) is -0.518. The van der Waals surface area contributed by atoms with E-state index in [4.69, 9.17) is 10.5 Å². The Labute approximate surface area is 142 Å². The highest BCUT2D eigenvalue weighted by atomic mass is 32.2. The van der Waals surface area contributed by atoms with Crippen molar-refractivity contribution >= 4 is 15.9 Å². The Morgan fingerprint density at radius 2 is 2.00 bits per heavy atom. The second kappa shape index (κ2) is 6.57. The van der Waals surface area contributed by atoms with Crippen molar-refractivity contribution in [3.63, 3.8) is 0 Å². The lowest BCUT2D eigenvalue weighted by molar-refractivity contribution is -0.121. The molecule has 0 radical (unpaired) electrons. The molecule has 0 unspecified atom stereocenters. The van der Waals surface area contributed by atoms with Gasteiger partial charge in [0.25, 0.3) is 15.9 Å². The summed E-state index contributed by atoms with van der Waals surface area (Å²) >= 11 is 0. The second-order valence-corrected chi connectivity index (χ2v) is 8.01. The van der Waals surface area contributed by atoms with Crippen LogP contribution in [0.5, 0.6) is 5.75 Å². The quantitative estimate of drug-likeness (QED) is 0.694. The fourth-order valence-electron chi connectivity index (χ4n) is 2.85. The van der Waals surface area contributed by atoms with Gasteiger partial charge in [-0.2, -0.15) is 0 Å². The van der Waals surface area contributed by atoms with Crippen LogP contribution in [0, 0.1) is 5.92 Å². The fraction of sp³-hybridized carbons (Fsp3) is 0.471. The molecule has 24 heavy (non-hydrogen) atoms. The first kappa shape index (κ1) is 17.0. The maximum Gasteiger partial charge on any atom is 0.267 e. The number of allylic oxidation sites excluding steroid dienone is 1. The molecule has 6 nitrogen and oxygen atoms in total. The van der Waals surface area contributed by atoms with Gasteiger partial charge in [0.15, 0.2) is 0 Å². The van der Waals surface area contributed by atoms with Gasteiger partial charge in [0, 0.05) is 5.92 Å². The molecule has 3 N–H and O–H groups in total. The Morgan fingerprint density at radius 1 is 1.21 bits per heavy atom. The molecule has 0 spiro atoms. The van der Waals surface area contributed by atoms with Gasteiger partial charge in [0.2, 0.25) is 0 Å². The standard InChI is InChI=1S/C17H22N2O4S/c18-17-12-13(17)8-4-2-1-3-7-11-23-14-9-5-6-10-15(14)24(21,22)19-16(17)20/h4-6,8-10,13H,1-3,7,11-12,18H2,(H,19,20)/b8-4-/t13-,17-/m1/s1. The van der Waals surface area contributed by atoms with Gasteiger partial charge in [-0.15, -0.1) is 0 Å². The minimum atomic E-state index is -4.02. The Kier molecular flexibility index (Phi) is 4.64. The number of rotatable bonds is 0. The molecule has 1 amide bonds. The van der Waals surface area contributed by atoms with Gasteiger partial charge in [-0.1, -0.05) is 24.3 Å². The van der Waals surface area contributed by atoms with E-state index in [0.29, 0.717) is 13.0 Å². The van der Waals surface area contributed by atoms with Gasteiger partial charge in [-0.05, 0) is 44.2 Å². The molecule has 7 heteroatoms. The van der Waals surface area contributed by atoms with Gasteiger partial charge in [-0.25, -0.2) is 13.1 Å². The van der Waals surface area contributed by atoms with Gasteiger partial charge < -0.3 is 10.5 Å². The number of hydrogen-bond acceptors (Lipinski definition) is 5. The zero-order valence-electron chi connectivity index (χ0n) is 13.4. The third-order valence-corrected chi connectivity index (χ3v) is 5.86. The summed E-state index contributed by atoms with van der Waals surface area (Å²) in [4.78, 5) is 12.3. The summed E-state index contributed by atoms with van der Waals surface area (Å²) in [6.07, 6.45) is 8.20. The first-order chi connectivity index (χ1) is 11.4. The van der Waals surface area contributed by atoms with E-state index >= 15 is 0 Å². The van der Waals surface area contributed by atoms with Crippen molar-refractivity contribution in [2.75, 3.05) is 6.61 Å². The molecule has 2 aliphatic rings. The highest BCUT2D eigenvalue weighted by Gasteiger charge is 2.56. The lowest BCUT2D eigenvalue weighted by Crippen LogP contribution is -2.46. The first-order valence-electron chi connectivity index (χ1n) is 8.18. The fourth-order valence-corrected chi connectivity index (χ4v) is 4.05. The Morgan fingerprint density at radius 3 is 2.83 bits per heavy atom. The number of carbonyl (C=O) groups excluding carboxylic acids is 1. The highest BCUT2D eigenvalue weighted by molar-refractivity contribution is 7.90. The van der Waals surface area contributed by atoms with Crippen LogP contribution < -0.4 is 15.2 Å². The number of fused-ring (bicyclic) bond motifs is 2. The van der Waals surface area contributed by atoms with E-state index in [1.54, 1.807) is 18.2 Å². The van der Waals surface area contributed by atoms with Crippen LogP contribution in [-0.4, -0.2) is 26.5 Å². The summed E-state index contributed by atoms with van der Waals surface area (Å²) in [5, 5.41) is 0. The Bertz CT molecular complexity index is 760. The number of sulfonamides is 1. The van der Waals surface area contributed by atoms with E-state index in [0.717, 1.165) is 25.7 Å². The number of ether oxygens (including phenoxy) is 1. The summed E-state index contributed by atoms with van der Waals surface area (Å²) < 4.78 is 32.8. The topological polar surface area (TPSA) is 98.5 Å². The van der Waals surface area contributed by atoms with Crippen LogP contribution in [-0.2, 0) is 14.8 Å². The van der Waals surface area contributed by atoms with Crippen molar-refractivity contribution in [2.24, 2.45) is 11.7 Å². The lowest BCUT2D eigenvalue weighted by Gasteiger charge is -2.15. The van der Waals surface area contributed by atoms with Crippen LogP contribution in [0.15, 0.2) is 41.3 Å². The third-order valence-electron chi connectivity index (χ3n) is 4.49. The number of hydrogen-bond donors (Lipinski definition) is 2. The molecule has 0 aromatic heterocycles. The maximum atomic E-state index is 12.6. The monoisotopic (exact) mass is 350 g/mol. The van der Waals surface area contributed by atoms with Gasteiger partial charge in [0.05, 0.1) is 6.61 Å². The highest BCUT2D eigenvalue weighted by Crippen LogP contribution is 2.42. The van der Waals surface area contributed by atoms with E-state index < -0.39 is 21.5 Å². The molecule has 1 fully saturated rings. The Balaban J connectivity index is 1.89. The predicted molar refractivity (Wildman–Crippen MR) is 89.9 cm³/mol. The van der Waals surface area contributed by atoms with Crippen molar-refractivity contribution in [1.29, 1.82) is 0 Å². The van der Waals surface area contributed by atoms with Crippen molar-refractivity contribution in [3.8, 4) is 5.75 Å². The molecule has 1 aliphatic heterocycles. The summed E-state index contributed by atoms with van der Waals surface area (Å²) in [5.41, 5.74) is 4.92. The summed E-state index contributed by atoms with van der Waals surface area (Å²) in [6.45, 7) is 0.438. The predicted octanol–water partition coefficient (Wildman–Crippen LogP) is 1.72. The minimum Gasteiger partial charge on any atom is -0.492 e. The van der Waals surface area contributed by atoms with Crippen LogP contribution in [0.25, 0.3) is 0 Å². The molecule has 1 heterocycles. The average Bonchev–Trinajstić information content (AvgIpc) is 3.21. The number of nitrogens with two attached hydrogens (primary N) is 1. The largest absolute Gasteiger partial charge is 0.492 e. The molecule has 130 valence electrons. The van der Waals surface area contributed by atoms with Crippen LogP contribution >= 0.6 is 0 Å². The maximum absolute atomic E-state index is 12.6. The van der Waals surface area contributed by atoms with Crippen LogP contribution in [0.4, 0.5) is 0 Å². The SMILES string of the molecule is N[C@]12C[C@H]1/C=C\CCCCCOc1ccccc1S(=O)(=O)NC2=O. The number of nitrogens with one attached hydrogen (secondary N) is 1. The second-order valence-electron chi connectivity index (χ2n) is 6.36. The normalized spacial score (nSPS) is 31.2. The van der Waals surface area contributed by atoms with Gasteiger partial charge >= 0.3 is 0 Å². The van der Waals surface area contributed by atoms with E-state index in [9.17, 15) is 13.2 Å². The molecule has 2 atom stereocenters. The molecule has 1 saturated carbocycles. The average molecular weight is 350 g/mol. The first-order valence-corrected chi connectivity index (χ1v) is 9.66. The van der Waals surface area contributed by atoms with Gasteiger partial charge in [-0.3, -0.25) is 4.79 Å². The van der Waals surface area contributed by atoms with E-state index in [1.165, 1.54) is 6.07 Å². The van der Waals surface area contributed by atoms with Crippen molar-refractivity contribution < 1.29 is 17.9 Å². The molecule has 1 aromatic carbocycles. The van der Waals surface area contributed by atoms with Crippen molar-refractivity contribution in [2.45, 2.75) is 42.5 Å². The zero-order chi connectivity index (χ0) is 17.2. The van der Waals surface area contributed by atoms with Crippen LogP contribution in [0.2, 0.25) is 0 Å². The number of benzene rings is 1. The van der Waals surface area contributed by atoms with E-state index in [1.807, 2.05) is 12.2 Å². The molecular weight excluding hydrogens is 328 g/mol. The molecule has 3 rings (SSSR count). The third kappa shape index (κ3) is 3.47. The molecular formula is C17H22N2O4S. The summed E-state index contributed by atoms with van der Waals surface area (Å²) in [7, 11) is -4.02. The van der Waals surface area contributed by atoms with E-state index in [-0.39, 0.29) is 16.6 Å². The summed E-state index contributed by atoms with van der Waals surface area (Å²) in [6, 6.07) is 6.32.